The van der Waals surface area contributed by atoms with Gasteiger partial charge in [0.25, 0.3) is 0 Å². The predicted octanol–water partition coefficient (Wildman–Crippen LogP) is 2.09. The molecule has 0 radical (unpaired) electrons. The molecular weight excluding hydrogens is 174 g/mol. The highest BCUT2D eigenvalue weighted by molar-refractivity contribution is 5.85. The van der Waals surface area contributed by atoms with Crippen LogP contribution in [0.5, 0.6) is 5.75 Å². The lowest BCUT2D eigenvalue weighted by Gasteiger charge is -2.09. The standard InChI is InChI=1S/C9H13NO.ClH/c1-7(10-2)8-4-3-5-9(11)6-8;/h3-7,10-11H,1-2H3;1H/t7-;/m0./s1. The van der Waals surface area contributed by atoms with Crippen LogP contribution in [0.2, 0.25) is 0 Å². The second-order valence-corrected chi connectivity index (χ2v) is 2.61. The quantitative estimate of drug-likeness (QED) is 0.743. The van der Waals surface area contributed by atoms with Gasteiger partial charge in [0.1, 0.15) is 5.75 Å². The monoisotopic (exact) mass is 187 g/mol. The van der Waals surface area contributed by atoms with Gasteiger partial charge in [0.05, 0.1) is 0 Å². The highest BCUT2D eigenvalue weighted by Gasteiger charge is 2.01. The fraction of sp³-hybridized carbons (Fsp3) is 0.333. The van der Waals surface area contributed by atoms with Crippen molar-refractivity contribution in [3.8, 4) is 5.75 Å². The van der Waals surface area contributed by atoms with E-state index in [-0.39, 0.29) is 12.4 Å². The fourth-order valence-electron chi connectivity index (χ4n) is 0.961. The van der Waals surface area contributed by atoms with E-state index in [0.717, 1.165) is 5.56 Å². The van der Waals surface area contributed by atoms with Gasteiger partial charge in [0, 0.05) is 6.04 Å². The second-order valence-electron chi connectivity index (χ2n) is 2.61. The molecule has 0 aliphatic heterocycles. The number of nitrogens with one attached hydrogen (secondary N) is 1. The van der Waals surface area contributed by atoms with Gasteiger partial charge in [-0.1, -0.05) is 12.1 Å². The van der Waals surface area contributed by atoms with Crippen LogP contribution in [0.25, 0.3) is 0 Å². The number of halogens is 1. The maximum atomic E-state index is 9.13. The van der Waals surface area contributed by atoms with Crippen molar-refractivity contribution >= 4 is 12.4 Å². The zero-order chi connectivity index (χ0) is 8.27. The van der Waals surface area contributed by atoms with Crippen LogP contribution < -0.4 is 5.32 Å². The molecule has 0 fully saturated rings. The molecule has 0 unspecified atom stereocenters. The second kappa shape index (κ2) is 5.01. The molecule has 3 heteroatoms. The van der Waals surface area contributed by atoms with Crippen LogP contribution in [0.3, 0.4) is 0 Å². The van der Waals surface area contributed by atoms with Gasteiger partial charge in [-0.2, -0.15) is 0 Å². The third-order valence-corrected chi connectivity index (χ3v) is 1.80. The van der Waals surface area contributed by atoms with Crippen LogP contribution in [-0.4, -0.2) is 12.2 Å². The van der Waals surface area contributed by atoms with Crippen molar-refractivity contribution in [2.45, 2.75) is 13.0 Å². The van der Waals surface area contributed by atoms with Crippen molar-refractivity contribution < 1.29 is 5.11 Å². The van der Waals surface area contributed by atoms with Crippen molar-refractivity contribution in [1.29, 1.82) is 0 Å². The molecule has 1 atom stereocenters. The molecule has 1 rings (SSSR count). The molecule has 1 aromatic carbocycles. The van der Waals surface area contributed by atoms with Crippen molar-refractivity contribution in [3.05, 3.63) is 29.8 Å². The van der Waals surface area contributed by atoms with E-state index in [9.17, 15) is 0 Å². The molecule has 0 saturated heterocycles. The predicted molar refractivity (Wildman–Crippen MR) is 52.8 cm³/mol. The first-order chi connectivity index (χ1) is 5.24. The smallest absolute Gasteiger partial charge is 0.115 e. The van der Waals surface area contributed by atoms with Crippen LogP contribution in [-0.2, 0) is 0 Å². The van der Waals surface area contributed by atoms with Gasteiger partial charge in [-0.05, 0) is 31.7 Å². The van der Waals surface area contributed by atoms with Gasteiger partial charge in [-0.3, -0.25) is 0 Å². The number of rotatable bonds is 2. The van der Waals surface area contributed by atoms with Gasteiger partial charge in [0.15, 0.2) is 0 Å². The van der Waals surface area contributed by atoms with Gasteiger partial charge in [0.2, 0.25) is 0 Å². The average Bonchev–Trinajstić information content (AvgIpc) is 2.03. The lowest BCUT2D eigenvalue weighted by molar-refractivity contribution is 0.473. The van der Waals surface area contributed by atoms with Crippen molar-refractivity contribution in [2.24, 2.45) is 0 Å². The van der Waals surface area contributed by atoms with Gasteiger partial charge < -0.3 is 10.4 Å². The molecule has 0 amide bonds. The van der Waals surface area contributed by atoms with E-state index in [2.05, 4.69) is 12.2 Å². The van der Waals surface area contributed by atoms with Crippen LogP contribution >= 0.6 is 12.4 Å². The Labute approximate surface area is 79.0 Å². The number of hydrogen-bond donors (Lipinski definition) is 2. The highest BCUT2D eigenvalue weighted by atomic mass is 35.5. The Morgan fingerprint density at radius 2 is 2.08 bits per heavy atom. The molecule has 68 valence electrons. The Bertz CT molecular complexity index is 240. The maximum absolute atomic E-state index is 9.13. The largest absolute Gasteiger partial charge is 0.508 e. The number of phenols is 1. The van der Waals surface area contributed by atoms with Gasteiger partial charge in [-0.15, -0.1) is 12.4 Å². The molecular formula is C9H14ClNO. The minimum atomic E-state index is 0. The minimum Gasteiger partial charge on any atom is -0.508 e. The van der Waals surface area contributed by atoms with E-state index in [4.69, 9.17) is 5.11 Å². The molecule has 0 aliphatic carbocycles. The third kappa shape index (κ3) is 2.72. The zero-order valence-corrected chi connectivity index (χ0v) is 8.06. The van der Waals surface area contributed by atoms with Gasteiger partial charge >= 0.3 is 0 Å². The normalized spacial score (nSPS) is 11.8. The molecule has 0 bridgehead atoms. The first-order valence-electron chi connectivity index (χ1n) is 3.70. The SMILES string of the molecule is CN[C@@H](C)c1cccc(O)c1.Cl. The Morgan fingerprint density at radius 1 is 1.42 bits per heavy atom. The lowest BCUT2D eigenvalue weighted by atomic mass is 10.1. The molecule has 0 aromatic heterocycles. The average molecular weight is 188 g/mol. The van der Waals surface area contributed by atoms with Crippen molar-refractivity contribution in [3.63, 3.8) is 0 Å². The van der Waals surface area contributed by atoms with Crippen LogP contribution in [0, 0.1) is 0 Å². The molecule has 0 spiro atoms. The molecule has 12 heavy (non-hydrogen) atoms. The third-order valence-electron chi connectivity index (χ3n) is 1.80. The summed E-state index contributed by atoms with van der Waals surface area (Å²) in [5.41, 5.74) is 1.10. The highest BCUT2D eigenvalue weighted by Crippen LogP contribution is 2.16. The Morgan fingerprint density at radius 3 is 2.58 bits per heavy atom. The summed E-state index contributed by atoms with van der Waals surface area (Å²) in [7, 11) is 1.90. The lowest BCUT2D eigenvalue weighted by Crippen LogP contribution is -2.11. The maximum Gasteiger partial charge on any atom is 0.115 e. The van der Waals surface area contributed by atoms with Crippen LogP contribution in [0.15, 0.2) is 24.3 Å². The summed E-state index contributed by atoms with van der Waals surface area (Å²) in [4.78, 5) is 0. The van der Waals surface area contributed by atoms with E-state index in [0.29, 0.717) is 11.8 Å². The van der Waals surface area contributed by atoms with Crippen LogP contribution in [0.4, 0.5) is 0 Å². The molecule has 0 heterocycles. The molecule has 0 aliphatic rings. The van der Waals surface area contributed by atoms with E-state index in [1.807, 2.05) is 19.2 Å². The summed E-state index contributed by atoms with van der Waals surface area (Å²) >= 11 is 0. The summed E-state index contributed by atoms with van der Waals surface area (Å²) < 4.78 is 0. The summed E-state index contributed by atoms with van der Waals surface area (Å²) in [6.45, 7) is 2.05. The molecule has 0 saturated carbocycles. The molecule has 2 N–H and O–H groups in total. The van der Waals surface area contributed by atoms with Gasteiger partial charge in [-0.25, -0.2) is 0 Å². The van der Waals surface area contributed by atoms with E-state index >= 15 is 0 Å². The first kappa shape index (κ1) is 11.3. The van der Waals surface area contributed by atoms with Crippen molar-refractivity contribution in [1.82, 2.24) is 5.32 Å². The Kier molecular flexibility index (Phi) is 4.71. The topological polar surface area (TPSA) is 32.3 Å². The Balaban J connectivity index is 0.00000121. The zero-order valence-electron chi connectivity index (χ0n) is 7.24. The molecule has 1 aromatic rings. The summed E-state index contributed by atoms with van der Waals surface area (Å²) in [6, 6.07) is 7.56. The number of hydrogen-bond acceptors (Lipinski definition) is 2. The number of aromatic hydroxyl groups is 1. The fourth-order valence-corrected chi connectivity index (χ4v) is 0.961. The summed E-state index contributed by atoms with van der Waals surface area (Å²) in [5, 5.41) is 12.2. The number of benzene rings is 1. The van der Waals surface area contributed by atoms with E-state index in [1.54, 1.807) is 12.1 Å². The first-order valence-corrected chi connectivity index (χ1v) is 3.70. The van der Waals surface area contributed by atoms with Crippen molar-refractivity contribution in [2.75, 3.05) is 7.05 Å². The summed E-state index contributed by atoms with van der Waals surface area (Å²) in [5.74, 6) is 0.324. The Hall–Kier alpha value is -0.730. The van der Waals surface area contributed by atoms with E-state index < -0.39 is 0 Å². The van der Waals surface area contributed by atoms with Crippen LogP contribution in [0.1, 0.15) is 18.5 Å². The summed E-state index contributed by atoms with van der Waals surface area (Å²) in [6.07, 6.45) is 0. The minimum absolute atomic E-state index is 0. The molecule has 2 nitrogen and oxygen atoms in total. The van der Waals surface area contributed by atoms with E-state index in [1.165, 1.54) is 0 Å². The number of phenolic OH excluding ortho intramolecular Hbond substituents is 1.